The summed E-state index contributed by atoms with van der Waals surface area (Å²) in [6.07, 6.45) is 3.96. The van der Waals surface area contributed by atoms with Gasteiger partial charge in [-0.1, -0.05) is 26.0 Å². The molecular weight excluding hydrogens is 250 g/mol. The minimum absolute atomic E-state index is 0.0341. The lowest BCUT2D eigenvalue weighted by Crippen LogP contribution is -2.27. The smallest absolute Gasteiger partial charge is 0.220 e. The van der Waals surface area contributed by atoms with E-state index in [0.29, 0.717) is 18.9 Å². The van der Waals surface area contributed by atoms with Crippen molar-refractivity contribution < 1.29 is 9.59 Å². The van der Waals surface area contributed by atoms with Crippen LogP contribution in [0.3, 0.4) is 0 Å². The molecule has 0 heterocycles. The van der Waals surface area contributed by atoms with Crippen molar-refractivity contribution in [2.45, 2.75) is 46.0 Å². The maximum Gasteiger partial charge on any atom is 0.220 e. The quantitative estimate of drug-likeness (QED) is 0.810. The fourth-order valence-electron chi connectivity index (χ4n) is 2.52. The second kappa shape index (κ2) is 6.69. The van der Waals surface area contributed by atoms with Crippen LogP contribution in [0.2, 0.25) is 0 Å². The topological polar surface area (TPSA) is 46.2 Å². The van der Waals surface area contributed by atoms with Crippen molar-refractivity contribution in [2.24, 2.45) is 5.92 Å². The molecule has 1 aliphatic rings. The number of benzene rings is 1. The number of aryl methyl sites for hydroxylation is 2. The largest absolute Gasteiger partial charge is 0.356 e. The van der Waals surface area contributed by atoms with Crippen molar-refractivity contribution in [2.75, 3.05) is 6.54 Å². The summed E-state index contributed by atoms with van der Waals surface area (Å²) in [6.45, 7) is 4.78. The average Bonchev–Trinajstić information content (AvgIpc) is 2.89. The zero-order valence-corrected chi connectivity index (χ0v) is 12.4. The number of fused-ring (bicyclic) bond motifs is 1. The van der Waals surface area contributed by atoms with Gasteiger partial charge in [0.15, 0.2) is 5.78 Å². The van der Waals surface area contributed by atoms with Crippen molar-refractivity contribution in [3.8, 4) is 0 Å². The normalized spacial score (nSPS) is 13.3. The minimum atomic E-state index is -0.0341. The number of hydrogen-bond acceptors (Lipinski definition) is 2. The van der Waals surface area contributed by atoms with Crippen LogP contribution in [0.5, 0.6) is 0 Å². The highest BCUT2D eigenvalue weighted by atomic mass is 16.2. The van der Waals surface area contributed by atoms with Gasteiger partial charge in [-0.2, -0.15) is 0 Å². The van der Waals surface area contributed by atoms with E-state index in [4.69, 9.17) is 0 Å². The van der Waals surface area contributed by atoms with Gasteiger partial charge in [0.1, 0.15) is 0 Å². The Labute approximate surface area is 120 Å². The van der Waals surface area contributed by atoms with Gasteiger partial charge in [-0.3, -0.25) is 9.59 Å². The van der Waals surface area contributed by atoms with Gasteiger partial charge in [0.25, 0.3) is 0 Å². The van der Waals surface area contributed by atoms with Crippen LogP contribution in [0.4, 0.5) is 0 Å². The van der Waals surface area contributed by atoms with E-state index in [-0.39, 0.29) is 18.1 Å². The van der Waals surface area contributed by atoms with Crippen molar-refractivity contribution in [1.29, 1.82) is 0 Å². The molecule has 0 aliphatic heterocycles. The van der Waals surface area contributed by atoms with E-state index in [0.717, 1.165) is 18.4 Å². The molecule has 2 rings (SSSR count). The predicted octanol–water partition coefficient (Wildman–Crippen LogP) is 2.91. The Balaban J connectivity index is 1.84. The number of rotatable bonds is 6. The molecule has 0 spiro atoms. The number of Topliss-reactive ketones (excluding diaryl/α,β-unsaturated/α-hetero) is 1. The second-order valence-corrected chi connectivity index (χ2v) is 5.96. The van der Waals surface area contributed by atoms with Gasteiger partial charge in [-0.15, -0.1) is 0 Å². The summed E-state index contributed by atoms with van der Waals surface area (Å²) >= 11 is 0. The molecule has 3 nitrogen and oxygen atoms in total. The van der Waals surface area contributed by atoms with Crippen molar-refractivity contribution in [3.05, 3.63) is 34.9 Å². The first kappa shape index (κ1) is 14.8. The minimum Gasteiger partial charge on any atom is -0.356 e. The molecule has 0 unspecified atom stereocenters. The Kier molecular flexibility index (Phi) is 4.94. The number of nitrogens with one attached hydrogen (secondary N) is 1. The number of amides is 1. The molecule has 108 valence electrons. The molecule has 0 saturated carbocycles. The van der Waals surface area contributed by atoms with Gasteiger partial charge in [0.05, 0.1) is 0 Å². The number of hydrogen-bond donors (Lipinski definition) is 1. The van der Waals surface area contributed by atoms with Crippen LogP contribution in [-0.2, 0) is 17.6 Å². The Morgan fingerprint density at radius 3 is 2.65 bits per heavy atom. The summed E-state index contributed by atoms with van der Waals surface area (Å²) in [5, 5.41) is 2.84. The van der Waals surface area contributed by atoms with Gasteiger partial charge < -0.3 is 5.32 Å². The van der Waals surface area contributed by atoms with Gasteiger partial charge in [-0.25, -0.2) is 0 Å². The molecule has 1 amide bonds. The predicted molar refractivity (Wildman–Crippen MR) is 79.9 cm³/mol. The van der Waals surface area contributed by atoms with Crippen LogP contribution >= 0.6 is 0 Å². The van der Waals surface area contributed by atoms with E-state index in [1.54, 1.807) is 0 Å². The highest BCUT2D eigenvalue weighted by molar-refractivity contribution is 5.98. The lowest BCUT2D eigenvalue weighted by atomic mass is 10.0. The monoisotopic (exact) mass is 273 g/mol. The lowest BCUT2D eigenvalue weighted by Gasteiger charge is -2.07. The van der Waals surface area contributed by atoms with Gasteiger partial charge in [-0.05, 0) is 42.4 Å². The number of ketones is 1. The molecular formula is C17H23NO2. The van der Waals surface area contributed by atoms with Crippen LogP contribution < -0.4 is 5.32 Å². The third-order valence-corrected chi connectivity index (χ3v) is 3.71. The van der Waals surface area contributed by atoms with E-state index >= 15 is 0 Å². The molecule has 1 N–H and O–H groups in total. The first-order chi connectivity index (χ1) is 9.56. The fraction of sp³-hybridized carbons (Fsp3) is 0.529. The van der Waals surface area contributed by atoms with Crippen LogP contribution in [-0.4, -0.2) is 18.2 Å². The molecule has 0 saturated heterocycles. The number of carbonyl (C=O) groups excluding carboxylic acids is 2. The third kappa shape index (κ3) is 3.92. The van der Waals surface area contributed by atoms with Crippen molar-refractivity contribution in [1.82, 2.24) is 5.32 Å². The molecule has 0 fully saturated rings. The van der Waals surface area contributed by atoms with Gasteiger partial charge in [0, 0.05) is 24.9 Å². The summed E-state index contributed by atoms with van der Waals surface area (Å²) in [4.78, 5) is 23.7. The molecule has 0 atom stereocenters. The Hall–Kier alpha value is -1.64. The van der Waals surface area contributed by atoms with Crippen LogP contribution in [0, 0.1) is 5.92 Å². The van der Waals surface area contributed by atoms with Crippen molar-refractivity contribution in [3.63, 3.8) is 0 Å². The third-order valence-electron chi connectivity index (χ3n) is 3.71. The lowest BCUT2D eigenvalue weighted by molar-refractivity contribution is -0.121. The number of carbonyl (C=O) groups is 2. The Morgan fingerprint density at radius 2 is 1.90 bits per heavy atom. The molecule has 0 bridgehead atoms. The molecule has 1 aliphatic carbocycles. The molecule has 3 heteroatoms. The van der Waals surface area contributed by atoms with Crippen LogP contribution in [0.1, 0.15) is 54.6 Å². The van der Waals surface area contributed by atoms with Gasteiger partial charge >= 0.3 is 0 Å². The SMILES string of the molecule is CC(C)CNC(=O)CCC(=O)c1ccc2c(c1)CCC2. The van der Waals surface area contributed by atoms with E-state index in [1.165, 1.54) is 17.5 Å². The van der Waals surface area contributed by atoms with Gasteiger partial charge in [0.2, 0.25) is 5.91 Å². The summed E-state index contributed by atoms with van der Waals surface area (Å²) in [5.41, 5.74) is 3.43. The second-order valence-electron chi connectivity index (χ2n) is 5.96. The summed E-state index contributed by atoms with van der Waals surface area (Å²) in [5.74, 6) is 0.471. The van der Waals surface area contributed by atoms with E-state index in [9.17, 15) is 9.59 Å². The maximum atomic E-state index is 12.1. The van der Waals surface area contributed by atoms with Crippen molar-refractivity contribution >= 4 is 11.7 Å². The zero-order chi connectivity index (χ0) is 14.5. The molecule has 1 aromatic carbocycles. The maximum absolute atomic E-state index is 12.1. The Bertz CT molecular complexity index is 506. The van der Waals surface area contributed by atoms with Crippen LogP contribution in [0.15, 0.2) is 18.2 Å². The summed E-state index contributed by atoms with van der Waals surface area (Å²) in [6, 6.07) is 5.98. The molecule has 20 heavy (non-hydrogen) atoms. The molecule has 0 radical (unpaired) electrons. The summed E-state index contributed by atoms with van der Waals surface area (Å²) in [7, 11) is 0. The highest BCUT2D eigenvalue weighted by Crippen LogP contribution is 2.23. The highest BCUT2D eigenvalue weighted by Gasteiger charge is 2.14. The molecule has 0 aromatic heterocycles. The average molecular weight is 273 g/mol. The van der Waals surface area contributed by atoms with Crippen LogP contribution in [0.25, 0.3) is 0 Å². The summed E-state index contributed by atoms with van der Waals surface area (Å²) < 4.78 is 0. The standard InChI is InChI=1S/C17H23NO2/c1-12(2)11-18-17(20)9-8-16(19)15-7-6-13-4-3-5-14(13)10-15/h6-7,10,12H,3-5,8-9,11H2,1-2H3,(H,18,20). The zero-order valence-electron chi connectivity index (χ0n) is 12.4. The first-order valence-corrected chi connectivity index (χ1v) is 7.48. The molecule has 1 aromatic rings. The Morgan fingerprint density at radius 1 is 1.15 bits per heavy atom. The van der Waals surface area contributed by atoms with E-state index < -0.39 is 0 Å². The van der Waals surface area contributed by atoms with E-state index in [1.807, 2.05) is 12.1 Å². The fourth-order valence-corrected chi connectivity index (χ4v) is 2.52. The first-order valence-electron chi connectivity index (χ1n) is 7.48. The van der Waals surface area contributed by atoms with E-state index in [2.05, 4.69) is 25.2 Å².